The standard InChI is InChI=1S/C32H31FN4O7/c33-24-12-3-2-11-22(24)29-23(31(42)43)17-26(30(41)36-14-6-9-20-8-1-4-13-25(20)36)37(29)27(38)18-34-32(44)35-21-10-5-7-19(15-21)16-28(39)40/h1-5,7-8,10-13,15,23,26,29H,6,9,14,16-18H2,(H,39,40)(H,42,43)(H2,34,35,44). The van der Waals surface area contributed by atoms with Gasteiger partial charge in [0.2, 0.25) is 11.8 Å². The van der Waals surface area contributed by atoms with Gasteiger partial charge in [-0.05, 0) is 54.7 Å². The number of nitrogens with zero attached hydrogens (tertiary/aromatic N) is 2. The first-order chi connectivity index (χ1) is 21.1. The third-order valence-electron chi connectivity index (χ3n) is 7.92. The highest BCUT2D eigenvalue weighted by atomic mass is 19.1. The molecule has 4 amide bonds. The molecule has 2 aliphatic rings. The number of urea groups is 1. The van der Waals surface area contributed by atoms with Gasteiger partial charge in [0.1, 0.15) is 11.9 Å². The lowest BCUT2D eigenvalue weighted by atomic mass is 9.92. The number of carbonyl (C=O) groups is 5. The number of rotatable bonds is 8. The zero-order chi connectivity index (χ0) is 31.4. The third kappa shape index (κ3) is 6.38. The molecule has 3 aromatic rings. The van der Waals surface area contributed by atoms with Crippen LogP contribution in [0.15, 0.2) is 72.8 Å². The van der Waals surface area contributed by atoms with Crippen LogP contribution in [0.1, 0.15) is 35.6 Å². The number of benzene rings is 3. The Kier molecular flexibility index (Phi) is 8.88. The van der Waals surface area contributed by atoms with E-state index in [0.29, 0.717) is 29.9 Å². The van der Waals surface area contributed by atoms with Crippen molar-refractivity contribution < 1.29 is 38.6 Å². The number of aliphatic carboxylic acids is 2. The molecule has 0 aromatic heterocycles. The van der Waals surface area contributed by atoms with Gasteiger partial charge in [-0.3, -0.25) is 19.2 Å². The van der Waals surface area contributed by atoms with Crippen molar-refractivity contribution in [3.05, 3.63) is 95.3 Å². The molecule has 0 radical (unpaired) electrons. The van der Waals surface area contributed by atoms with Gasteiger partial charge < -0.3 is 30.6 Å². The quantitative estimate of drug-likeness (QED) is 0.307. The molecule has 0 spiro atoms. The topological polar surface area (TPSA) is 156 Å². The van der Waals surface area contributed by atoms with Gasteiger partial charge in [0.15, 0.2) is 0 Å². The highest BCUT2D eigenvalue weighted by Gasteiger charge is 2.52. The van der Waals surface area contributed by atoms with Gasteiger partial charge in [-0.2, -0.15) is 0 Å². The SMILES string of the molecule is O=C(O)Cc1cccc(NC(=O)NCC(=O)N2C(C(=O)N3CCCc4ccccc43)CC(C(=O)O)C2c2ccccc2F)c1. The van der Waals surface area contributed by atoms with Crippen LogP contribution in [0.2, 0.25) is 0 Å². The fourth-order valence-corrected chi connectivity index (χ4v) is 6.04. The molecule has 44 heavy (non-hydrogen) atoms. The number of likely N-dealkylation sites (tertiary alicyclic amines) is 1. The molecule has 2 heterocycles. The maximum Gasteiger partial charge on any atom is 0.319 e. The van der Waals surface area contributed by atoms with Crippen molar-refractivity contribution >= 4 is 41.2 Å². The maximum atomic E-state index is 15.1. The average Bonchev–Trinajstić information content (AvgIpc) is 3.40. The van der Waals surface area contributed by atoms with Crippen molar-refractivity contribution in [2.45, 2.75) is 37.8 Å². The number of hydrogen-bond acceptors (Lipinski definition) is 5. The Balaban J connectivity index is 1.42. The number of anilines is 2. The summed E-state index contributed by atoms with van der Waals surface area (Å²) in [6.07, 6.45) is 0.961. The Labute approximate surface area is 252 Å². The number of carboxylic acids is 2. The molecule has 12 heteroatoms. The molecular formula is C32H31FN4O7. The van der Waals surface area contributed by atoms with E-state index in [1.54, 1.807) is 35.2 Å². The summed E-state index contributed by atoms with van der Waals surface area (Å²) in [5.74, 6) is -5.56. The fraction of sp³-hybridized carbons (Fsp3) is 0.281. The molecule has 4 N–H and O–H groups in total. The van der Waals surface area contributed by atoms with Crippen LogP contribution in [-0.2, 0) is 32.0 Å². The van der Waals surface area contributed by atoms with Crippen molar-refractivity contribution in [1.82, 2.24) is 10.2 Å². The zero-order valence-electron chi connectivity index (χ0n) is 23.6. The summed E-state index contributed by atoms with van der Waals surface area (Å²) in [6.45, 7) is -0.240. The number of amides is 4. The summed E-state index contributed by atoms with van der Waals surface area (Å²) in [7, 11) is 0. The molecule has 1 saturated heterocycles. The number of aryl methyl sites for hydroxylation is 1. The van der Waals surface area contributed by atoms with Crippen LogP contribution in [0.3, 0.4) is 0 Å². The Morgan fingerprint density at radius 2 is 1.68 bits per heavy atom. The minimum Gasteiger partial charge on any atom is -0.481 e. The van der Waals surface area contributed by atoms with Gasteiger partial charge in [0.05, 0.1) is 24.9 Å². The van der Waals surface area contributed by atoms with Crippen LogP contribution in [0.25, 0.3) is 0 Å². The van der Waals surface area contributed by atoms with E-state index >= 15 is 4.39 Å². The van der Waals surface area contributed by atoms with Crippen LogP contribution >= 0.6 is 0 Å². The zero-order valence-corrected chi connectivity index (χ0v) is 23.6. The van der Waals surface area contributed by atoms with Crippen LogP contribution in [0.5, 0.6) is 0 Å². The molecule has 0 saturated carbocycles. The van der Waals surface area contributed by atoms with Crippen molar-refractivity contribution in [3.8, 4) is 0 Å². The van der Waals surface area contributed by atoms with Crippen LogP contribution < -0.4 is 15.5 Å². The molecule has 228 valence electrons. The molecule has 0 bridgehead atoms. The number of fused-ring (bicyclic) bond motifs is 1. The highest BCUT2D eigenvalue weighted by Crippen LogP contribution is 2.43. The van der Waals surface area contributed by atoms with Gasteiger partial charge in [-0.1, -0.05) is 48.5 Å². The predicted molar refractivity (Wildman–Crippen MR) is 157 cm³/mol. The largest absolute Gasteiger partial charge is 0.481 e. The van der Waals surface area contributed by atoms with E-state index in [9.17, 15) is 29.1 Å². The van der Waals surface area contributed by atoms with Crippen molar-refractivity contribution in [2.75, 3.05) is 23.3 Å². The minimum atomic E-state index is -1.30. The van der Waals surface area contributed by atoms with E-state index in [1.165, 1.54) is 24.3 Å². The summed E-state index contributed by atoms with van der Waals surface area (Å²) in [5, 5.41) is 24.2. The summed E-state index contributed by atoms with van der Waals surface area (Å²) < 4.78 is 15.1. The molecule has 0 aliphatic carbocycles. The van der Waals surface area contributed by atoms with E-state index in [2.05, 4.69) is 10.6 Å². The van der Waals surface area contributed by atoms with Gasteiger partial charge >= 0.3 is 18.0 Å². The first-order valence-electron chi connectivity index (χ1n) is 14.2. The second-order valence-corrected chi connectivity index (χ2v) is 10.8. The summed E-state index contributed by atoms with van der Waals surface area (Å²) in [5.41, 5.74) is 2.34. The van der Waals surface area contributed by atoms with Gasteiger partial charge in [-0.15, -0.1) is 0 Å². The third-order valence-corrected chi connectivity index (χ3v) is 7.92. The molecule has 2 aliphatic heterocycles. The average molecular weight is 603 g/mol. The monoisotopic (exact) mass is 602 g/mol. The maximum absolute atomic E-state index is 15.1. The lowest BCUT2D eigenvalue weighted by molar-refractivity contribution is -0.144. The second-order valence-electron chi connectivity index (χ2n) is 10.8. The lowest BCUT2D eigenvalue weighted by Gasteiger charge is -2.36. The number of hydrogen-bond donors (Lipinski definition) is 4. The molecular weight excluding hydrogens is 571 g/mol. The van der Waals surface area contributed by atoms with Gasteiger partial charge in [0.25, 0.3) is 0 Å². The Morgan fingerprint density at radius 1 is 0.932 bits per heavy atom. The van der Waals surface area contributed by atoms with Gasteiger partial charge in [-0.25, -0.2) is 9.18 Å². The molecule has 3 atom stereocenters. The molecule has 1 fully saturated rings. The summed E-state index contributed by atoms with van der Waals surface area (Å²) >= 11 is 0. The number of carbonyl (C=O) groups excluding carboxylic acids is 3. The molecule has 5 rings (SSSR count). The first-order valence-corrected chi connectivity index (χ1v) is 14.2. The van der Waals surface area contributed by atoms with Crippen LogP contribution in [-0.4, -0.2) is 64.0 Å². The van der Waals surface area contributed by atoms with Crippen LogP contribution in [0.4, 0.5) is 20.6 Å². The first kappa shape index (κ1) is 30.2. The van der Waals surface area contributed by atoms with E-state index in [0.717, 1.165) is 23.0 Å². The molecule has 11 nitrogen and oxygen atoms in total. The van der Waals surface area contributed by atoms with E-state index < -0.39 is 60.1 Å². The number of para-hydroxylation sites is 1. The Bertz CT molecular complexity index is 1610. The Hall–Kier alpha value is -5.26. The van der Waals surface area contributed by atoms with Gasteiger partial charge in [0, 0.05) is 23.5 Å². The normalized spacial score (nSPS) is 19.2. The Morgan fingerprint density at radius 3 is 2.43 bits per heavy atom. The van der Waals surface area contributed by atoms with Crippen molar-refractivity contribution in [3.63, 3.8) is 0 Å². The molecule has 3 unspecified atom stereocenters. The van der Waals surface area contributed by atoms with E-state index in [-0.39, 0.29) is 18.4 Å². The van der Waals surface area contributed by atoms with Crippen molar-refractivity contribution in [2.24, 2.45) is 5.92 Å². The number of nitrogens with one attached hydrogen (secondary N) is 2. The molecule has 3 aromatic carbocycles. The fourth-order valence-electron chi connectivity index (χ4n) is 6.04. The summed E-state index contributed by atoms with van der Waals surface area (Å²) in [6, 6.07) is 15.8. The van der Waals surface area contributed by atoms with Crippen molar-refractivity contribution in [1.29, 1.82) is 0 Å². The highest BCUT2D eigenvalue weighted by molar-refractivity contribution is 6.02. The number of halogens is 1. The summed E-state index contributed by atoms with van der Waals surface area (Å²) in [4.78, 5) is 66.8. The number of carboxylic acid groups (broad SMARTS) is 2. The predicted octanol–water partition coefficient (Wildman–Crippen LogP) is 3.60. The second kappa shape index (κ2) is 12.9. The van der Waals surface area contributed by atoms with E-state index in [4.69, 9.17) is 5.11 Å². The smallest absolute Gasteiger partial charge is 0.319 e. The van der Waals surface area contributed by atoms with E-state index in [1.807, 2.05) is 12.1 Å². The van der Waals surface area contributed by atoms with Crippen LogP contribution in [0, 0.1) is 11.7 Å². The lowest BCUT2D eigenvalue weighted by Crippen LogP contribution is -2.52. The minimum absolute atomic E-state index is 0.0395.